The molecule has 0 radical (unpaired) electrons. The number of hydrogen-bond acceptors (Lipinski definition) is 3. The number of thioether (sulfide) groups is 1. The number of amides is 1. The van der Waals surface area contributed by atoms with Crippen LogP contribution in [0.25, 0.3) is 0 Å². The number of nitrogens with one attached hydrogen (secondary N) is 1. The van der Waals surface area contributed by atoms with Gasteiger partial charge in [0.15, 0.2) is 0 Å². The molecule has 0 fully saturated rings. The lowest BCUT2D eigenvalue weighted by Gasteiger charge is -2.12. The summed E-state index contributed by atoms with van der Waals surface area (Å²) in [4.78, 5) is 12.7. The summed E-state index contributed by atoms with van der Waals surface area (Å²) in [5, 5.41) is 12.3. The minimum absolute atomic E-state index is 0.0430. The predicted molar refractivity (Wildman–Crippen MR) is 80.7 cm³/mol. The lowest BCUT2D eigenvalue weighted by atomic mass is 10.2. The second-order valence-electron chi connectivity index (χ2n) is 4.39. The van der Waals surface area contributed by atoms with Crippen molar-refractivity contribution in [2.24, 2.45) is 0 Å². The van der Waals surface area contributed by atoms with Crippen molar-refractivity contribution in [2.45, 2.75) is 37.1 Å². The fourth-order valence-corrected chi connectivity index (χ4v) is 2.55. The third kappa shape index (κ3) is 7.45. The largest absolute Gasteiger partial charge is 0.396 e. The van der Waals surface area contributed by atoms with Gasteiger partial charge in [0.25, 0.3) is 0 Å². The number of hydrogen-bond donors (Lipinski definition) is 2. The number of carbonyl (C=O) groups is 1. The normalized spacial score (nSPS) is 12.2. The Hall–Kier alpha value is -0.710. The maximum atomic E-state index is 11.6. The minimum Gasteiger partial charge on any atom is -0.396 e. The van der Waals surface area contributed by atoms with E-state index in [4.69, 9.17) is 16.7 Å². The van der Waals surface area contributed by atoms with Crippen LogP contribution in [0.3, 0.4) is 0 Å². The van der Waals surface area contributed by atoms with E-state index in [1.165, 1.54) is 4.90 Å². The number of halogens is 1. The van der Waals surface area contributed by atoms with Crippen LogP contribution in [-0.2, 0) is 4.79 Å². The van der Waals surface area contributed by atoms with Gasteiger partial charge in [-0.15, -0.1) is 11.8 Å². The highest BCUT2D eigenvalue weighted by Gasteiger charge is 2.06. The highest BCUT2D eigenvalue weighted by molar-refractivity contribution is 7.99. The first-order chi connectivity index (χ1) is 9.11. The SMILES string of the molecule is CC(CCO)NC(=O)CCCSc1ccc(Cl)cc1. The Bertz CT molecular complexity index is 384. The molecular weight excluding hydrogens is 282 g/mol. The van der Waals surface area contributed by atoms with Gasteiger partial charge < -0.3 is 10.4 Å². The summed E-state index contributed by atoms with van der Waals surface area (Å²) in [6, 6.07) is 7.74. The zero-order chi connectivity index (χ0) is 14.1. The first kappa shape index (κ1) is 16.3. The van der Waals surface area contributed by atoms with Crippen molar-refractivity contribution in [2.75, 3.05) is 12.4 Å². The van der Waals surface area contributed by atoms with Crippen LogP contribution in [0.15, 0.2) is 29.2 Å². The number of carbonyl (C=O) groups excluding carboxylic acids is 1. The second kappa shape index (κ2) is 9.23. The lowest BCUT2D eigenvalue weighted by molar-refractivity contribution is -0.121. The van der Waals surface area contributed by atoms with Gasteiger partial charge in [0.05, 0.1) is 0 Å². The number of aliphatic hydroxyl groups is 1. The molecule has 3 nitrogen and oxygen atoms in total. The van der Waals surface area contributed by atoms with Crippen LogP contribution in [0.4, 0.5) is 0 Å². The quantitative estimate of drug-likeness (QED) is 0.573. The highest BCUT2D eigenvalue weighted by atomic mass is 35.5. The van der Waals surface area contributed by atoms with Gasteiger partial charge in [-0.2, -0.15) is 0 Å². The molecule has 1 atom stereocenters. The zero-order valence-corrected chi connectivity index (χ0v) is 12.6. The Morgan fingerprint density at radius 1 is 1.42 bits per heavy atom. The van der Waals surface area contributed by atoms with E-state index < -0.39 is 0 Å². The molecule has 0 aliphatic carbocycles. The molecule has 1 amide bonds. The maximum absolute atomic E-state index is 11.6. The maximum Gasteiger partial charge on any atom is 0.220 e. The van der Waals surface area contributed by atoms with Gasteiger partial charge in [-0.3, -0.25) is 4.79 Å². The molecule has 1 rings (SSSR count). The van der Waals surface area contributed by atoms with E-state index in [9.17, 15) is 4.79 Å². The smallest absolute Gasteiger partial charge is 0.220 e. The Morgan fingerprint density at radius 3 is 2.74 bits per heavy atom. The van der Waals surface area contributed by atoms with Gasteiger partial charge in [0, 0.05) is 29.0 Å². The van der Waals surface area contributed by atoms with Crippen molar-refractivity contribution in [1.82, 2.24) is 5.32 Å². The molecule has 0 saturated carbocycles. The van der Waals surface area contributed by atoms with E-state index >= 15 is 0 Å². The van der Waals surface area contributed by atoms with Crippen LogP contribution < -0.4 is 5.32 Å². The van der Waals surface area contributed by atoms with Crippen LogP contribution in [0.2, 0.25) is 5.02 Å². The Labute approximate surface area is 123 Å². The summed E-state index contributed by atoms with van der Waals surface area (Å²) in [6.07, 6.45) is 1.96. The third-order valence-electron chi connectivity index (χ3n) is 2.60. The highest BCUT2D eigenvalue weighted by Crippen LogP contribution is 2.21. The van der Waals surface area contributed by atoms with Gasteiger partial charge in [-0.05, 0) is 49.8 Å². The second-order valence-corrected chi connectivity index (χ2v) is 5.99. The molecule has 1 unspecified atom stereocenters. The van der Waals surface area contributed by atoms with E-state index in [-0.39, 0.29) is 18.6 Å². The Morgan fingerprint density at radius 2 is 2.11 bits per heavy atom. The van der Waals surface area contributed by atoms with Gasteiger partial charge >= 0.3 is 0 Å². The average molecular weight is 302 g/mol. The van der Waals surface area contributed by atoms with Crippen molar-refractivity contribution in [3.8, 4) is 0 Å². The van der Waals surface area contributed by atoms with E-state index in [0.717, 1.165) is 17.2 Å². The summed E-state index contributed by atoms with van der Waals surface area (Å²) in [7, 11) is 0. The van der Waals surface area contributed by atoms with Crippen molar-refractivity contribution >= 4 is 29.3 Å². The molecule has 19 heavy (non-hydrogen) atoms. The Kier molecular flexibility index (Phi) is 7.94. The van der Waals surface area contributed by atoms with Crippen LogP contribution in [0.1, 0.15) is 26.2 Å². The van der Waals surface area contributed by atoms with Gasteiger partial charge in [0.1, 0.15) is 0 Å². The summed E-state index contributed by atoms with van der Waals surface area (Å²) in [5.41, 5.74) is 0. The van der Waals surface area contributed by atoms with Crippen LogP contribution in [0, 0.1) is 0 Å². The fourth-order valence-electron chi connectivity index (χ4n) is 1.57. The summed E-state index contributed by atoms with van der Waals surface area (Å²) >= 11 is 7.53. The van der Waals surface area contributed by atoms with E-state index in [1.807, 2.05) is 31.2 Å². The van der Waals surface area contributed by atoms with Gasteiger partial charge in [-0.1, -0.05) is 11.6 Å². The van der Waals surface area contributed by atoms with Crippen LogP contribution >= 0.6 is 23.4 Å². The molecule has 106 valence electrons. The van der Waals surface area contributed by atoms with Crippen molar-refractivity contribution in [1.29, 1.82) is 0 Å². The van der Waals surface area contributed by atoms with Crippen molar-refractivity contribution in [3.63, 3.8) is 0 Å². The molecule has 5 heteroatoms. The first-order valence-electron chi connectivity index (χ1n) is 6.40. The Balaban J connectivity index is 2.13. The minimum atomic E-state index is 0.0430. The molecule has 0 aliphatic heterocycles. The standard InChI is InChI=1S/C14H20ClNO2S/c1-11(8-9-17)16-14(18)3-2-10-19-13-6-4-12(15)5-7-13/h4-7,11,17H,2-3,8-10H2,1H3,(H,16,18). The first-order valence-corrected chi connectivity index (χ1v) is 7.76. The molecule has 0 spiro atoms. The summed E-state index contributed by atoms with van der Waals surface area (Å²) < 4.78 is 0. The lowest BCUT2D eigenvalue weighted by Crippen LogP contribution is -2.33. The molecule has 0 saturated heterocycles. The third-order valence-corrected chi connectivity index (χ3v) is 3.95. The molecule has 0 aliphatic rings. The molecular formula is C14H20ClNO2S. The molecule has 1 aromatic rings. The monoisotopic (exact) mass is 301 g/mol. The topological polar surface area (TPSA) is 49.3 Å². The molecule has 0 aromatic heterocycles. The predicted octanol–water partition coefficient (Wildman–Crippen LogP) is 3.10. The summed E-state index contributed by atoms with van der Waals surface area (Å²) in [6.45, 7) is 2.00. The van der Waals surface area contributed by atoms with Crippen molar-refractivity contribution < 1.29 is 9.90 Å². The van der Waals surface area contributed by atoms with Gasteiger partial charge in [0.2, 0.25) is 5.91 Å². The molecule has 1 aromatic carbocycles. The van der Waals surface area contributed by atoms with Crippen LogP contribution in [0.5, 0.6) is 0 Å². The number of rotatable bonds is 8. The van der Waals surface area contributed by atoms with E-state index in [1.54, 1.807) is 11.8 Å². The zero-order valence-electron chi connectivity index (χ0n) is 11.1. The average Bonchev–Trinajstić information content (AvgIpc) is 2.37. The van der Waals surface area contributed by atoms with Crippen molar-refractivity contribution in [3.05, 3.63) is 29.3 Å². The van der Waals surface area contributed by atoms with Gasteiger partial charge in [-0.25, -0.2) is 0 Å². The molecule has 2 N–H and O–H groups in total. The number of aliphatic hydroxyl groups excluding tert-OH is 1. The number of benzene rings is 1. The van der Waals surface area contributed by atoms with Crippen LogP contribution in [-0.4, -0.2) is 29.4 Å². The molecule has 0 bridgehead atoms. The fraction of sp³-hybridized carbons (Fsp3) is 0.500. The summed E-state index contributed by atoms with van der Waals surface area (Å²) in [5.74, 6) is 0.960. The van der Waals surface area contributed by atoms with E-state index in [0.29, 0.717) is 12.8 Å². The molecule has 0 heterocycles. The van der Waals surface area contributed by atoms with E-state index in [2.05, 4.69) is 5.32 Å².